The molecule has 7 nitrogen and oxygen atoms in total. The van der Waals surface area contributed by atoms with Gasteiger partial charge in [0.05, 0.1) is 30.3 Å². The maximum Gasteiger partial charge on any atom is 0.331 e. The summed E-state index contributed by atoms with van der Waals surface area (Å²) in [4.78, 5) is 39.2. The van der Waals surface area contributed by atoms with Crippen LogP contribution in [0.4, 0.5) is 0 Å². The van der Waals surface area contributed by atoms with Crippen LogP contribution in [0.1, 0.15) is 59.4 Å². The third-order valence-electron chi connectivity index (χ3n) is 9.48. The lowest BCUT2D eigenvalue weighted by Crippen LogP contribution is -2.52. The fraction of sp³-hybridized carbons (Fsp3) is 0.581. The second-order valence-corrected chi connectivity index (χ2v) is 12.4. The fourth-order valence-electron chi connectivity index (χ4n) is 7.06. The zero-order chi connectivity index (χ0) is 27.5. The summed E-state index contributed by atoms with van der Waals surface area (Å²) in [5.74, 6) is -2.11. The molecule has 4 aliphatic rings. The molecule has 3 fully saturated rings. The number of fused-ring (bicyclic) bond motifs is 4. The number of esters is 2. The predicted octanol–water partition coefficient (Wildman–Crippen LogP) is 4.28. The number of hydrogen-bond donors (Lipinski definition) is 1. The van der Waals surface area contributed by atoms with Crippen molar-refractivity contribution in [1.29, 1.82) is 0 Å². The molecule has 1 heterocycles. The molecule has 1 N–H and O–H groups in total. The Morgan fingerprint density at radius 1 is 1.18 bits per heavy atom. The van der Waals surface area contributed by atoms with Crippen molar-refractivity contribution in [3.05, 3.63) is 53.6 Å². The molecule has 0 unspecified atom stereocenters. The van der Waals surface area contributed by atoms with Crippen LogP contribution in [0.5, 0.6) is 0 Å². The van der Waals surface area contributed by atoms with E-state index in [1.165, 1.54) is 13.0 Å². The lowest BCUT2D eigenvalue weighted by atomic mass is 9.77. The van der Waals surface area contributed by atoms with Gasteiger partial charge >= 0.3 is 11.9 Å². The first kappa shape index (κ1) is 26.8. The minimum absolute atomic E-state index is 0.0501. The van der Waals surface area contributed by atoms with Gasteiger partial charge in [-0.15, -0.1) is 0 Å². The number of aliphatic hydroxyl groups is 1. The lowest BCUT2D eigenvalue weighted by molar-refractivity contribution is -0.168. The van der Waals surface area contributed by atoms with Crippen LogP contribution in [0, 0.1) is 29.1 Å². The number of hydrogen-bond acceptors (Lipinski definition) is 7. The molecule has 0 radical (unpaired) electrons. The van der Waals surface area contributed by atoms with E-state index in [0.29, 0.717) is 11.5 Å². The zero-order valence-corrected chi connectivity index (χ0v) is 22.8. The summed E-state index contributed by atoms with van der Waals surface area (Å²) >= 11 is 0. The molecule has 1 saturated heterocycles. The highest BCUT2D eigenvalue weighted by Gasteiger charge is 2.72. The van der Waals surface area contributed by atoms with E-state index in [0.717, 1.165) is 18.4 Å². The van der Waals surface area contributed by atoms with Crippen molar-refractivity contribution in [2.45, 2.75) is 77.3 Å². The Hall–Kier alpha value is -2.77. The molecule has 7 heteroatoms. The highest BCUT2D eigenvalue weighted by Crippen LogP contribution is 2.64. The number of ether oxygens (including phenoxy) is 3. The lowest BCUT2D eigenvalue weighted by Gasteiger charge is -2.34. The summed E-state index contributed by atoms with van der Waals surface area (Å²) < 4.78 is 17.6. The highest BCUT2D eigenvalue weighted by molar-refractivity contribution is 6.04. The summed E-state index contributed by atoms with van der Waals surface area (Å²) in [5, 5.41) is 11.5. The molecule has 1 aromatic carbocycles. The molecule has 5 rings (SSSR count). The predicted molar refractivity (Wildman–Crippen MR) is 141 cm³/mol. The Balaban J connectivity index is 1.54. The van der Waals surface area contributed by atoms with Crippen LogP contribution >= 0.6 is 0 Å². The van der Waals surface area contributed by atoms with Crippen LogP contribution in [0.2, 0.25) is 0 Å². The van der Waals surface area contributed by atoms with E-state index in [9.17, 15) is 19.5 Å². The SMILES string of the molecule is CC(=O)OC[C@H]1C[C@]2(OC(=O)/C=C/c3ccccc3)C(=O)/C(C)=C/[C@@H]3[C@H](CC[C@@]4(C)O[C@@H]4[C@H]2[C@H]1O)C3(C)C. The van der Waals surface area contributed by atoms with Crippen LogP contribution in [0.3, 0.4) is 0 Å². The Morgan fingerprint density at radius 2 is 1.89 bits per heavy atom. The van der Waals surface area contributed by atoms with Crippen LogP contribution in [0.15, 0.2) is 48.1 Å². The summed E-state index contributed by atoms with van der Waals surface area (Å²) in [6, 6.07) is 9.35. The zero-order valence-electron chi connectivity index (χ0n) is 22.8. The molecule has 38 heavy (non-hydrogen) atoms. The van der Waals surface area contributed by atoms with Crippen LogP contribution in [-0.2, 0) is 28.6 Å². The monoisotopic (exact) mass is 522 g/mol. The number of Topliss-reactive ketones (excluding diaryl/α,β-unsaturated/α-hetero) is 1. The third-order valence-corrected chi connectivity index (χ3v) is 9.48. The number of aliphatic hydroxyl groups excluding tert-OH is 1. The van der Waals surface area contributed by atoms with Gasteiger partial charge in [-0.1, -0.05) is 50.3 Å². The van der Waals surface area contributed by atoms with E-state index in [2.05, 4.69) is 13.8 Å². The largest absolute Gasteiger partial charge is 0.465 e. The normalized spacial score (nSPS) is 40.6. The van der Waals surface area contributed by atoms with Gasteiger partial charge in [0.25, 0.3) is 0 Å². The second kappa shape index (κ2) is 9.45. The van der Waals surface area contributed by atoms with E-state index in [-0.39, 0.29) is 30.1 Å². The van der Waals surface area contributed by atoms with Crippen LogP contribution in [0.25, 0.3) is 6.08 Å². The number of carbonyl (C=O) groups is 3. The summed E-state index contributed by atoms with van der Waals surface area (Å²) in [6.07, 6.45) is 5.28. The molecule has 1 aliphatic heterocycles. The minimum Gasteiger partial charge on any atom is -0.465 e. The topological polar surface area (TPSA) is 102 Å². The standard InChI is InChI=1S/C31H38O7/c1-18-15-23-22(29(23,3)4)13-14-30(5)28(38-30)25-26(34)21(17-36-19(2)32)16-31(25,27(18)35)37-24(33)12-11-20-9-7-6-8-10-20/h6-12,15,21-23,25-26,28,34H,13-14,16-17H2,1-5H3/b12-11+,18-15+/t21-,22+,23-,25-,26+,28-,30-,31-/m1/s1. The van der Waals surface area contributed by atoms with Gasteiger partial charge in [0.2, 0.25) is 5.78 Å². The van der Waals surface area contributed by atoms with E-state index >= 15 is 0 Å². The molecule has 0 spiro atoms. The van der Waals surface area contributed by atoms with E-state index in [4.69, 9.17) is 14.2 Å². The summed E-state index contributed by atoms with van der Waals surface area (Å²) in [6.45, 7) is 9.47. The first-order valence-electron chi connectivity index (χ1n) is 13.6. The van der Waals surface area contributed by atoms with Gasteiger partial charge in [0.15, 0.2) is 5.60 Å². The van der Waals surface area contributed by atoms with Crippen molar-refractivity contribution < 1.29 is 33.7 Å². The van der Waals surface area contributed by atoms with Gasteiger partial charge in [-0.25, -0.2) is 4.79 Å². The van der Waals surface area contributed by atoms with Crippen LogP contribution < -0.4 is 0 Å². The number of ketones is 1. The molecule has 8 atom stereocenters. The molecule has 0 amide bonds. The number of allylic oxidation sites excluding steroid dienone is 1. The Kier molecular flexibility index (Phi) is 6.67. The maximum atomic E-state index is 14.3. The average Bonchev–Trinajstić information content (AvgIpc) is 3.63. The maximum absolute atomic E-state index is 14.3. The summed E-state index contributed by atoms with van der Waals surface area (Å²) in [7, 11) is 0. The second-order valence-electron chi connectivity index (χ2n) is 12.4. The van der Waals surface area contributed by atoms with Crippen LogP contribution in [-0.4, -0.2) is 52.8 Å². The molecule has 0 aromatic heterocycles. The third kappa shape index (κ3) is 4.64. The van der Waals surface area contributed by atoms with Crippen molar-refractivity contribution >= 4 is 23.8 Å². The van der Waals surface area contributed by atoms with Gasteiger partial charge in [0.1, 0.15) is 0 Å². The van der Waals surface area contributed by atoms with Crippen molar-refractivity contribution in [3.8, 4) is 0 Å². The molecule has 3 aliphatic carbocycles. The van der Waals surface area contributed by atoms with Gasteiger partial charge in [-0.05, 0) is 61.2 Å². The quantitative estimate of drug-likeness (QED) is 0.350. The van der Waals surface area contributed by atoms with Gasteiger partial charge in [0, 0.05) is 25.3 Å². The number of rotatable bonds is 5. The molecule has 0 bridgehead atoms. The number of benzene rings is 1. The summed E-state index contributed by atoms with van der Waals surface area (Å²) in [5.41, 5.74) is -0.732. The van der Waals surface area contributed by atoms with Crippen molar-refractivity contribution in [2.24, 2.45) is 29.1 Å². The van der Waals surface area contributed by atoms with E-state index in [1.807, 2.05) is 43.3 Å². The smallest absolute Gasteiger partial charge is 0.331 e. The first-order chi connectivity index (χ1) is 17.9. The Bertz CT molecular complexity index is 1180. The molecular formula is C31H38O7. The minimum atomic E-state index is -1.63. The highest BCUT2D eigenvalue weighted by atomic mass is 16.6. The Labute approximate surface area is 224 Å². The van der Waals surface area contributed by atoms with Gasteiger partial charge in [-0.3, -0.25) is 9.59 Å². The van der Waals surface area contributed by atoms with Crippen molar-refractivity contribution in [2.75, 3.05) is 6.61 Å². The Morgan fingerprint density at radius 3 is 2.58 bits per heavy atom. The van der Waals surface area contributed by atoms with Gasteiger partial charge < -0.3 is 19.3 Å². The fourth-order valence-corrected chi connectivity index (χ4v) is 7.06. The first-order valence-corrected chi connectivity index (χ1v) is 13.6. The number of carbonyl (C=O) groups excluding carboxylic acids is 3. The molecular weight excluding hydrogens is 484 g/mol. The molecule has 2 saturated carbocycles. The van der Waals surface area contributed by atoms with E-state index in [1.54, 1.807) is 13.0 Å². The average molecular weight is 523 g/mol. The van der Waals surface area contributed by atoms with Crippen molar-refractivity contribution in [3.63, 3.8) is 0 Å². The van der Waals surface area contributed by atoms with Crippen molar-refractivity contribution in [1.82, 2.24) is 0 Å². The molecule has 204 valence electrons. The van der Waals surface area contributed by atoms with Gasteiger partial charge in [-0.2, -0.15) is 0 Å². The molecule has 1 aromatic rings. The number of epoxide rings is 1. The van der Waals surface area contributed by atoms with E-state index < -0.39 is 47.2 Å².